The minimum absolute atomic E-state index is 0.0600. The summed E-state index contributed by atoms with van der Waals surface area (Å²) in [5, 5.41) is 2.96. The maximum atomic E-state index is 12.1. The third-order valence-corrected chi connectivity index (χ3v) is 3.20. The number of ether oxygens (including phenoxy) is 1. The van der Waals surface area contributed by atoms with Crippen LogP contribution in [0.3, 0.4) is 0 Å². The van der Waals surface area contributed by atoms with Crippen LogP contribution < -0.4 is 11.1 Å². The van der Waals surface area contributed by atoms with Gasteiger partial charge in [-0.25, -0.2) is 4.79 Å². The maximum absolute atomic E-state index is 12.1. The highest BCUT2D eigenvalue weighted by Gasteiger charge is 2.26. The summed E-state index contributed by atoms with van der Waals surface area (Å²) in [4.78, 5) is 12.1. The topological polar surface area (TPSA) is 64.3 Å². The highest BCUT2D eigenvalue weighted by Crippen LogP contribution is 2.29. The lowest BCUT2D eigenvalue weighted by Gasteiger charge is -2.30. The summed E-state index contributed by atoms with van der Waals surface area (Å²) in [6, 6.07) is 9.80. The predicted molar refractivity (Wildman–Crippen MR) is 86.0 cm³/mol. The Bertz CT molecular complexity index is 450. The van der Waals surface area contributed by atoms with E-state index >= 15 is 0 Å². The summed E-state index contributed by atoms with van der Waals surface area (Å²) in [7, 11) is 0. The highest BCUT2D eigenvalue weighted by atomic mass is 16.6. The molecule has 0 fully saturated rings. The van der Waals surface area contributed by atoms with Crippen molar-refractivity contribution in [3.8, 4) is 0 Å². The van der Waals surface area contributed by atoms with Crippen molar-refractivity contribution in [2.45, 2.75) is 52.7 Å². The van der Waals surface area contributed by atoms with E-state index in [0.717, 1.165) is 12.0 Å². The van der Waals surface area contributed by atoms with Gasteiger partial charge in [0.05, 0.1) is 6.04 Å². The van der Waals surface area contributed by atoms with E-state index in [1.54, 1.807) is 0 Å². The minimum Gasteiger partial charge on any atom is -0.444 e. The van der Waals surface area contributed by atoms with Gasteiger partial charge in [-0.2, -0.15) is 0 Å². The molecule has 1 aromatic rings. The van der Waals surface area contributed by atoms with Gasteiger partial charge in [-0.3, -0.25) is 0 Å². The van der Waals surface area contributed by atoms with E-state index in [1.165, 1.54) is 0 Å². The lowest BCUT2D eigenvalue weighted by atomic mass is 9.83. The van der Waals surface area contributed by atoms with Crippen molar-refractivity contribution in [3.63, 3.8) is 0 Å². The Morgan fingerprint density at radius 2 is 1.76 bits per heavy atom. The second kappa shape index (κ2) is 6.94. The fraction of sp³-hybridized carbons (Fsp3) is 0.588. The molecule has 1 amide bonds. The van der Waals surface area contributed by atoms with Crippen molar-refractivity contribution >= 4 is 6.09 Å². The van der Waals surface area contributed by atoms with Crippen LogP contribution in [0, 0.1) is 5.41 Å². The summed E-state index contributed by atoms with van der Waals surface area (Å²) in [6.07, 6.45) is 0.358. The smallest absolute Gasteiger partial charge is 0.408 e. The molecule has 1 rings (SSSR count). The Hall–Kier alpha value is -1.55. The van der Waals surface area contributed by atoms with Gasteiger partial charge in [0, 0.05) is 0 Å². The first kappa shape index (κ1) is 17.5. The Morgan fingerprint density at radius 1 is 1.19 bits per heavy atom. The zero-order chi connectivity index (χ0) is 16.1. The molecule has 0 aromatic heterocycles. The van der Waals surface area contributed by atoms with Crippen LogP contribution in [0.2, 0.25) is 0 Å². The van der Waals surface area contributed by atoms with E-state index in [9.17, 15) is 4.79 Å². The number of amides is 1. The Morgan fingerprint density at radius 3 is 2.24 bits per heavy atom. The van der Waals surface area contributed by atoms with Crippen LogP contribution in [-0.2, 0) is 4.74 Å². The first-order chi connectivity index (χ1) is 9.63. The van der Waals surface area contributed by atoms with Gasteiger partial charge >= 0.3 is 6.09 Å². The molecule has 3 N–H and O–H groups in total. The van der Waals surface area contributed by atoms with Gasteiger partial charge in [0.15, 0.2) is 0 Å². The van der Waals surface area contributed by atoms with Gasteiger partial charge in [0.1, 0.15) is 5.60 Å². The van der Waals surface area contributed by atoms with Crippen LogP contribution in [0.4, 0.5) is 4.79 Å². The van der Waals surface area contributed by atoms with Crippen molar-refractivity contribution in [2.75, 3.05) is 6.54 Å². The Labute approximate surface area is 128 Å². The average Bonchev–Trinajstić information content (AvgIpc) is 2.36. The van der Waals surface area contributed by atoms with Crippen molar-refractivity contribution in [3.05, 3.63) is 35.9 Å². The molecule has 0 heterocycles. The molecule has 0 saturated heterocycles. The monoisotopic (exact) mass is 292 g/mol. The fourth-order valence-electron chi connectivity index (χ4n) is 2.02. The highest BCUT2D eigenvalue weighted by molar-refractivity contribution is 5.68. The van der Waals surface area contributed by atoms with Gasteiger partial charge < -0.3 is 15.8 Å². The second-order valence-electron chi connectivity index (χ2n) is 7.18. The number of carbonyl (C=O) groups excluding carboxylic acids is 1. The fourth-order valence-corrected chi connectivity index (χ4v) is 2.02. The van der Waals surface area contributed by atoms with Gasteiger partial charge in [0.2, 0.25) is 0 Å². The number of hydrogen-bond donors (Lipinski definition) is 2. The van der Waals surface area contributed by atoms with Crippen LogP contribution in [0.25, 0.3) is 0 Å². The molecular weight excluding hydrogens is 264 g/mol. The molecule has 0 bridgehead atoms. The molecule has 118 valence electrons. The van der Waals surface area contributed by atoms with Crippen LogP contribution in [0.15, 0.2) is 30.3 Å². The zero-order valence-electron chi connectivity index (χ0n) is 13.8. The zero-order valence-corrected chi connectivity index (χ0v) is 13.8. The molecule has 1 atom stereocenters. The Balaban J connectivity index is 2.85. The predicted octanol–water partition coefficient (Wildman–Crippen LogP) is 3.63. The largest absolute Gasteiger partial charge is 0.444 e. The lowest BCUT2D eigenvalue weighted by molar-refractivity contribution is 0.0490. The minimum atomic E-state index is -0.505. The molecule has 0 radical (unpaired) electrons. The molecule has 21 heavy (non-hydrogen) atoms. The molecule has 4 heteroatoms. The van der Waals surface area contributed by atoms with E-state index in [0.29, 0.717) is 6.54 Å². The van der Waals surface area contributed by atoms with Crippen LogP contribution >= 0.6 is 0 Å². The molecule has 0 aliphatic rings. The molecular formula is C17H28N2O2. The first-order valence-corrected chi connectivity index (χ1v) is 7.37. The van der Waals surface area contributed by atoms with E-state index in [2.05, 4.69) is 19.2 Å². The molecule has 0 saturated carbocycles. The molecule has 1 aromatic carbocycles. The number of alkyl carbamates (subject to hydrolysis) is 1. The summed E-state index contributed by atoms with van der Waals surface area (Å²) < 4.78 is 5.36. The molecule has 0 spiro atoms. The summed E-state index contributed by atoms with van der Waals surface area (Å²) >= 11 is 0. The quantitative estimate of drug-likeness (QED) is 0.871. The third-order valence-electron chi connectivity index (χ3n) is 3.20. The molecule has 0 aliphatic heterocycles. The van der Waals surface area contributed by atoms with E-state index in [-0.39, 0.29) is 11.5 Å². The Kier molecular flexibility index (Phi) is 5.78. The number of nitrogens with two attached hydrogens (primary N) is 1. The van der Waals surface area contributed by atoms with Crippen molar-refractivity contribution in [1.29, 1.82) is 0 Å². The number of benzene rings is 1. The van der Waals surface area contributed by atoms with E-state index in [4.69, 9.17) is 10.5 Å². The molecule has 1 unspecified atom stereocenters. The SMILES string of the molecule is CC(C)(CN)CC(NC(=O)OC(C)(C)C)c1ccccc1. The van der Waals surface area contributed by atoms with Crippen molar-refractivity contribution in [2.24, 2.45) is 11.1 Å². The van der Waals surface area contributed by atoms with Crippen LogP contribution in [0.1, 0.15) is 52.6 Å². The number of nitrogens with one attached hydrogen (secondary N) is 1. The first-order valence-electron chi connectivity index (χ1n) is 7.37. The van der Waals surface area contributed by atoms with Gasteiger partial charge in [-0.1, -0.05) is 44.2 Å². The molecule has 0 aliphatic carbocycles. The number of rotatable bonds is 5. The number of hydrogen-bond acceptors (Lipinski definition) is 3. The van der Waals surface area contributed by atoms with Crippen LogP contribution in [-0.4, -0.2) is 18.2 Å². The number of carbonyl (C=O) groups is 1. The molecule has 4 nitrogen and oxygen atoms in total. The summed E-state index contributed by atoms with van der Waals surface area (Å²) in [5.41, 5.74) is 6.32. The third kappa shape index (κ3) is 6.63. The second-order valence-corrected chi connectivity index (χ2v) is 7.18. The summed E-state index contributed by atoms with van der Waals surface area (Å²) in [6.45, 7) is 10.3. The van der Waals surface area contributed by atoms with E-state index in [1.807, 2.05) is 51.1 Å². The van der Waals surface area contributed by atoms with Crippen LogP contribution in [0.5, 0.6) is 0 Å². The van der Waals surface area contributed by atoms with Gasteiger partial charge in [-0.05, 0) is 44.7 Å². The van der Waals surface area contributed by atoms with Crippen molar-refractivity contribution in [1.82, 2.24) is 5.32 Å². The van der Waals surface area contributed by atoms with E-state index < -0.39 is 11.7 Å². The normalized spacial score (nSPS) is 13.6. The maximum Gasteiger partial charge on any atom is 0.408 e. The average molecular weight is 292 g/mol. The summed E-state index contributed by atoms with van der Waals surface area (Å²) in [5.74, 6) is 0. The lowest BCUT2D eigenvalue weighted by Crippen LogP contribution is -2.38. The standard InChI is InChI=1S/C17H28N2O2/c1-16(2,3)21-15(20)19-14(11-17(4,5)12-18)13-9-7-6-8-10-13/h6-10,14H,11-12,18H2,1-5H3,(H,19,20). The van der Waals surface area contributed by atoms with Gasteiger partial charge in [0.25, 0.3) is 0 Å². The van der Waals surface area contributed by atoms with Crippen molar-refractivity contribution < 1.29 is 9.53 Å². The van der Waals surface area contributed by atoms with Gasteiger partial charge in [-0.15, -0.1) is 0 Å².